The first-order chi connectivity index (χ1) is 11.6. The standard InChI is InChI=1S/C18H25N3O3/c1-20-9-5-8-15(20)10-19-18(23)16-12-24-13-17(22)21(16)11-14-6-3-2-4-7-14/h2-4,6-7,15-16H,5,8-13H2,1H3,(H,19,23)/t15-,16+/m0/s1. The highest BCUT2D eigenvalue weighted by molar-refractivity contribution is 5.89. The Balaban J connectivity index is 1.62. The molecule has 2 atom stereocenters. The van der Waals surface area contributed by atoms with Crippen molar-refractivity contribution in [2.24, 2.45) is 0 Å². The number of carbonyl (C=O) groups is 2. The zero-order valence-corrected chi connectivity index (χ0v) is 14.1. The number of amides is 2. The molecule has 2 aliphatic heterocycles. The molecule has 0 saturated carbocycles. The first-order valence-corrected chi connectivity index (χ1v) is 8.54. The fourth-order valence-corrected chi connectivity index (χ4v) is 3.37. The molecule has 0 bridgehead atoms. The summed E-state index contributed by atoms with van der Waals surface area (Å²) in [5.41, 5.74) is 1.01. The molecule has 6 nitrogen and oxygen atoms in total. The van der Waals surface area contributed by atoms with Crippen LogP contribution in [0.5, 0.6) is 0 Å². The van der Waals surface area contributed by atoms with E-state index in [-0.39, 0.29) is 25.0 Å². The van der Waals surface area contributed by atoms with Crippen LogP contribution in [-0.4, -0.2) is 67.0 Å². The van der Waals surface area contributed by atoms with Gasteiger partial charge in [-0.2, -0.15) is 0 Å². The van der Waals surface area contributed by atoms with Gasteiger partial charge in [-0.15, -0.1) is 0 Å². The predicted molar refractivity (Wildman–Crippen MR) is 90.3 cm³/mol. The van der Waals surface area contributed by atoms with E-state index < -0.39 is 6.04 Å². The molecule has 0 aromatic heterocycles. The Morgan fingerprint density at radius 1 is 1.33 bits per heavy atom. The van der Waals surface area contributed by atoms with Crippen molar-refractivity contribution in [1.82, 2.24) is 15.1 Å². The minimum atomic E-state index is -0.557. The van der Waals surface area contributed by atoms with Gasteiger partial charge >= 0.3 is 0 Å². The number of hydrogen-bond acceptors (Lipinski definition) is 4. The Labute approximate surface area is 142 Å². The summed E-state index contributed by atoms with van der Waals surface area (Å²) in [4.78, 5) is 28.7. The maximum Gasteiger partial charge on any atom is 0.249 e. The van der Waals surface area contributed by atoms with E-state index in [1.807, 2.05) is 30.3 Å². The molecule has 24 heavy (non-hydrogen) atoms. The molecule has 2 amide bonds. The van der Waals surface area contributed by atoms with Gasteiger partial charge in [0.15, 0.2) is 0 Å². The van der Waals surface area contributed by atoms with Crippen LogP contribution < -0.4 is 5.32 Å². The normalized spacial score (nSPS) is 25.0. The van der Waals surface area contributed by atoms with E-state index in [9.17, 15) is 9.59 Å². The summed E-state index contributed by atoms with van der Waals surface area (Å²) in [7, 11) is 2.08. The van der Waals surface area contributed by atoms with Gasteiger partial charge in [0.1, 0.15) is 12.6 Å². The van der Waals surface area contributed by atoms with Crippen molar-refractivity contribution in [3.63, 3.8) is 0 Å². The number of nitrogens with one attached hydrogen (secondary N) is 1. The molecule has 1 N–H and O–H groups in total. The number of hydrogen-bond donors (Lipinski definition) is 1. The van der Waals surface area contributed by atoms with Crippen LogP contribution in [0, 0.1) is 0 Å². The first-order valence-electron chi connectivity index (χ1n) is 8.54. The maximum atomic E-state index is 12.6. The summed E-state index contributed by atoms with van der Waals surface area (Å²) in [6.45, 7) is 2.43. The Morgan fingerprint density at radius 3 is 2.83 bits per heavy atom. The summed E-state index contributed by atoms with van der Waals surface area (Å²) in [5.74, 6) is -0.262. The molecule has 1 aromatic rings. The Kier molecular flexibility index (Phi) is 5.48. The lowest BCUT2D eigenvalue weighted by Crippen LogP contribution is -2.56. The fourth-order valence-electron chi connectivity index (χ4n) is 3.37. The number of nitrogens with zero attached hydrogens (tertiary/aromatic N) is 2. The summed E-state index contributed by atoms with van der Waals surface area (Å²) in [5, 5.41) is 3.01. The van der Waals surface area contributed by atoms with Gasteiger partial charge in [-0.1, -0.05) is 30.3 Å². The van der Waals surface area contributed by atoms with E-state index in [0.717, 1.165) is 18.5 Å². The van der Waals surface area contributed by atoms with Gasteiger partial charge in [-0.25, -0.2) is 0 Å². The van der Waals surface area contributed by atoms with Crippen molar-refractivity contribution < 1.29 is 14.3 Å². The van der Waals surface area contributed by atoms with Crippen LogP contribution in [0.2, 0.25) is 0 Å². The lowest BCUT2D eigenvalue weighted by Gasteiger charge is -2.35. The molecular weight excluding hydrogens is 306 g/mol. The highest BCUT2D eigenvalue weighted by Crippen LogP contribution is 2.16. The van der Waals surface area contributed by atoms with Gasteiger partial charge in [0, 0.05) is 19.1 Å². The monoisotopic (exact) mass is 331 g/mol. The Bertz CT molecular complexity index is 578. The molecule has 3 rings (SSSR count). The molecule has 6 heteroatoms. The van der Waals surface area contributed by atoms with E-state index >= 15 is 0 Å². The topological polar surface area (TPSA) is 61.9 Å². The smallest absolute Gasteiger partial charge is 0.249 e. The van der Waals surface area contributed by atoms with Crippen molar-refractivity contribution in [2.45, 2.75) is 31.5 Å². The number of rotatable bonds is 5. The second-order valence-electron chi connectivity index (χ2n) is 6.56. The van der Waals surface area contributed by atoms with Gasteiger partial charge in [-0.3, -0.25) is 9.59 Å². The number of likely N-dealkylation sites (tertiary alicyclic amines) is 1. The molecule has 0 aliphatic carbocycles. The summed E-state index contributed by atoms with van der Waals surface area (Å²) < 4.78 is 5.31. The van der Waals surface area contributed by atoms with E-state index in [1.165, 1.54) is 6.42 Å². The lowest BCUT2D eigenvalue weighted by atomic mass is 10.1. The predicted octanol–water partition coefficient (Wildman–Crippen LogP) is 0.624. The molecule has 0 spiro atoms. The zero-order chi connectivity index (χ0) is 16.9. The third-order valence-corrected chi connectivity index (χ3v) is 4.88. The van der Waals surface area contributed by atoms with Gasteiger partial charge < -0.3 is 19.9 Å². The lowest BCUT2D eigenvalue weighted by molar-refractivity contribution is -0.155. The molecule has 2 saturated heterocycles. The van der Waals surface area contributed by atoms with E-state index in [0.29, 0.717) is 19.1 Å². The van der Waals surface area contributed by atoms with E-state index in [1.54, 1.807) is 4.90 Å². The van der Waals surface area contributed by atoms with Crippen LogP contribution in [0.25, 0.3) is 0 Å². The first kappa shape index (κ1) is 16.9. The van der Waals surface area contributed by atoms with Crippen LogP contribution in [0.15, 0.2) is 30.3 Å². The van der Waals surface area contributed by atoms with Crippen LogP contribution in [-0.2, 0) is 20.9 Å². The SMILES string of the molecule is CN1CCC[C@H]1CNC(=O)[C@H]1COCC(=O)N1Cc1ccccc1. The van der Waals surface area contributed by atoms with Crippen molar-refractivity contribution in [3.8, 4) is 0 Å². The molecule has 130 valence electrons. The second-order valence-corrected chi connectivity index (χ2v) is 6.56. The minimum Gasteiger partial charge on any atom is -0.369 e. The van der Waals surface area contributed by atoms with E-state index in [4.69, 9.17) is 4.74 Å². The van der Waals surface area contributed by atoms with Crippen molar-refractivity contribution >= 4 is 11.8 Å². The number of carbonyl (C=O) groups excluding carboxylic acids is 2. The quantitative estimate of drug-likeness (QED) is 0.859. The second kappa shape index (κ2) is 7.77. The third-order valence-electron chi connectivity index (χ3n) is 4.88. The average Bonchev–Trinajstić information content (AvgIpc) is 3.00. The summed E-state index contributed by atoms with van der Waals surface area (Å²) >= 11 is 0. The molecule has 1 aromatic carbocycles. The minimum absolute atomic E-state index is 0.0436. The number of morpholine rings is 1. The number of ether oxygens (including phenoxy) is 1. The number of likely N-dealkylation sites (N-methyl/N-ethyl adjacent to an activating group) is 1. The molecule has 0 unspecified atom stereocenters. The van der Waals surface area contributed by atoms with Crippen molar-refractivity contribution in [3.05, 3.63) is 35.9 Å². The fraction of sp³-hybridized carbons (Fsp3) is 0.556. The van der Waals surface area contributed by atoms with Crippen LogP contribution in [0.1, 0.15) is 18.4 Å². The van der Waals surface area contributed by atoms with Gasteiger partial charge in [0.25, 0.3) is 0 Å². The molecule has 2 fully saturated rings. The van der Waals surface area contributed by atoms with Crippen molar-refractivity contribution in [2.75, 3.05) is 33.4 Å². The van der Waals surface area contributed by atoms with Crippen LogP contribution >= 0.6 is 0 Å². The highest BCUT2D eigenvalue weighted by Gasteiger charge is 2.34. The molecule has 0 radical (unpaired) electrons. The largest absolute Gasteiger partial charge is 0.369 e. The van der Waals surface area contributed by atoms with Gasteiger partial charge in [0.2, 0.25) is 11.8 Å². The van der Waals surface area contributed by atoms with E-state index in [2.05, 4.69) is 17.3 Å². The van der Waals surface area contributed by atoms with Gasteiger partial charge in [0.05, 0.1) is 6.61 Å². The average molecular weight is 331 g/mol. The van der Waals surface area contributed by atoms with Crippen LogP contribution in [0.3, 0.4) is 0 Å². The molecule has 2 heterocycles. The van der Waals surface area contributed by atoms with Crippen LogP contribution in [0.4, 0.5) is 0 Å². The Morgan fingerprint density at radius 2 is 2.12 bits per heavy atom. The number of benzene rings is 1. The zero-order valence-electron chi connectivity index (χ0n) is 14.1. The summed E-state index contributed by atoms with van der Waals surface area (Å²) in [6, 6.07) is 9.56. The molecule has 2 aliphatic rings. The highest BCUT2D eigenvalue weighted by atomic mass is 16.5. The van der Waals surface area contributed by atoms with Crippen molar-refractivity contribution in [1.29, 1.82) is 0 Å². The van der Waals surface area contributed by atoms with Gasteiger partial charge in [-0.05, 0) is 32.0 Å². The third kappa shape index (κ3) is 3.94. The summed E-state index contributed by atoms with van der Waals surface area (Å²) in [6.07, 6.45) is 2.27. The molecular formula is C18H25N3O3. The maximum absolute atomic E-state index is 12.6. The Hall–Kier alpha value is -1.92.